The van der Waals surface area contributed by atoms with Crippen molar-refractivity contribution in [1.29, 1.82) is 0 Å². The van der Waals surface area contributed by atoms with Gasteiger partial charge in [0.15, 0.2) is 0 Å². The molecule has 2 amide bonds. The standard InChI is InChI=1S/C23H17BrClN3O4/c24-20-4-2-1-3-19(20)23(31)32-18-11-5-15(6-12-18)13-27-28-21(29)14-26-22(30)16-7-9-17(25)10-8-16/h1-13H,14H2,(H,26,30)(H,28,29)/b27-13+. The van der Waals surface area contributed by atoms with Gasteiger partial charge in [-0.3, -0.25) is 9.59 Å². The molecule has 0 aliphatic rings. The van der Waals surface area contributed by atoms with Crippen LogP contribution in [0.4, 0.5) is 0 Å². The first-order chi connectivity index (χ1) is 15.4. The molecule has 0 aliphatic carbocycles. The molecule has 32 heavy (non-hydrogen) atoms. The highest BCUT2D eigenvalue weighted by atomic mass is 79.9. The van der Waals surface area contributed by atoms with Gasteiger partial charge in [0, 0.05) is 15.1 Å². The van der Waals surface area contributed by atoms with Gasteiger partial charge in [0.2, 0.25) is 0 Å². The van der Waals surface area contributed by atoms with Crippen molar-refractivity contribution in [2.75, 3.05) is 6.54 Å². The molecule has 3 aromatic carbocycles. The smallest absolute Gasteiger partial charge is 0.344 e. The Labute approximate surface area is 197 Å². The Balaban J connectivity index is 1.45. The fourth-order valence-corrected chi connectivity index (χ4v) is 3.07. The van der Waals surface area contributed by atoms with Crippen molar-refractivity contribution < 1.29 is 19.1 Å². The van der Waals surface area contributed by atoms with Gasteiger partial charge >= 0.3 is 5.97 Å². The fraction of sp³-hybridized carbons (Fsp3) is 0.0435. The molecule has 0 spiro atoms. The van der Waals surface area contributed by atoms with E-state index in [0.717, 1.165) is 0 Å². The molecular formula is C23H17BrClN3O4. The van der Waals surface area contributed by atoms with Crippen molar-refractivity contribution in [3.63, 3.8) is 0 Å². The predicted octanol–water partition coefficient (Wildman–Crippen LogP) is 4.20. The third kappa shape index (κ3) is 6.76. The number of hydrogen-bond acceptors (Lipinski definition) is 5. The van der Waals surface area contributed by atoms with E-state index in [2.05, 4.69) is 31.8 Å². The Kier molecular flexibility index (Phi) is 8.13. The Bertz CT molecular complexity index is 1150. The normalized spacial score (nSPS) is 10.6. The van der Waals surface area contributed by atoms with Crippen LogP contribution in [0.25, 0.3) is 0 Å². The van der Waals surface area contributed by atoms with Crippen LogP contribution in [0.5, 0.6) is 5.75 Å². The zero-order valence-electron chi connectivity index (χ0n) is 16.5. The van der Waals surface area contributed by atoms with Crippen LogP contribution in [0.1, 0.15) is 26.3 Å². The number of carbonyl (C=O) groups is 3. The van der Waals surface area contributed by atoms with Crippen molar-refractivity contribution in [1.82, 2.24) is 10.7 Å². The summed E-state index contributed by atoms with van der Waals surface area (Å²) < 4.78 is 5.99. The summed E-state index contributed by atoms with van der Waals surface area (Å²) in [6.45, 7) is -0.233. The lowest BCUT2D eigenvalue weighted by Gasteiger charge is -2.06. The van der Waals surface area contributed by atoms with Gasteiger partial charge in [-0.05, 0) is 82.2 Å². The largest absolute Gasteiger partial charge is 0.423 e. The minimum Gasteiger partial charge on any atom is -0.423 e. The molecule has 0 bridgehead atoms. The Morgan fingerprint density at radius 3 is 2.34 bits per heavy atom. The summed E-state index contributed by atoms with van der Waals surface area (Å²) in [7, 11) is 0. The van der Waals surface area contributed by atoms with Crippen molar-refractivity contribution in [2.24, 2.45) is 5.10 Å². The molecule has 3 rings (SSSR count). The SMILES string of the molecule is O=C(CNC(=O)c1ccc(Cl)cc1)N/N=C/c1ccc(OC(=O)c2ccccc2Br)cc1. The number of hydrazone groups is 1. The minimum atomic E-state index is -0.484. The number of hydrogen-bond donors (Lipinski definition) is 2. The van der Waals surface area contributed by atoms with Crippen LogP contribution in [0, 0.1) is 0 Å². The fourth-order valence-electron chi connectivity index (χ4n) is 2.49. The number of benzene rings is 3. The average Bonchev–Trinajstić information content (AvgIpc) is 2.79. The van der Waals surface area contributed by atoms with Crippen LogP contribution in [-0.2, 0) is 4.79 Å². The number of nitrogens with zero attached hydrogens (tertiary/aromatic N) is 1. The summed E-state index contributed by atoms with van der Waals surface area (Å²) in [6.07, 6.45) is 1.43. The maximum atomic E-state index is 12.2. The molecule has 2 N–H and O–H groups in total. The summed E-state index contributed by atoms with van der Waals surface area (Å²) in [5.74, 6) is -0.986. The summed E-state index contributed by atoms with van der Waals surface area (Å²) >= 11 is 9.09. The van der Waals surface area contributed by atoms with Crippen molar-refractivity contribution in [3.05, 3.63) is 99.0 Å². The van der Waals surface area contributed by atoms with Gasteiger partial charge in [-0.1, -0.05) is 23.7 Å². The third-order valence-electron chi connectivity index (χ3n) is 4.10. The minimum absolute atomic E-state index is 0.233. The third-order valence-corrected chi connectivity index (χ3v) is 5.05. The summed E-state index contributed by atoms with van der Waals surface area (Å²) in [4.78, 5) is 36.0. The molecule has 7 nitrogen and oxygen atoms in total. The van der Waals surface area contributed by atoms with Gasteiger partial charge in [0.05, 0.1) is 18.3 Å². The molecule has 0 atom stereocenters. The lowest BCUT2D eigenvalue weighted by molar-refractivity contribution is -0.120. The molecule has 0 heterocycles. The highest BCUT2D eigenvalue weighted by molar-refractivity contribution is 9.10. The van der Waals surface area contributed by atoms with E-state index in [1.165, 1.54) is 6.21 Å². The molecule has 0 unspecified atom stereocenters. The van der Waals surface area contributed by atoms with E-state index in [4.69, 9.17) is 16.3 Å². The van der Waals surface area contributed by atoms with E-state index in [1.54, 1.807) is 72.8 Å². The molecule has 0 fully saturated rings. The lowest BCUT2D eigenvalue weighted by atomic mass is 10.2. The Morgan fingerprint density at radius 2 is 1.66 bits per heavy atom. The number of amides is 2. The van der Waals surface area contributed by atoms with Crippen LogP contribution in [0.2, 0.25) is 5.02 Å². The number of rotatable bonds is 7. The van der Waals surface area contributed by atoms with E-state index in [0.29, 0.717) is 31.9 Å². The van der Waals surface area contributed by atoms with E-state index < -0.39 is 17.8 Å². The number of carbonyl (C=O) groups excluding carboxylic acids is 3. The Hall–Kier alpha value is -3.49. The summed E-state index contributed by atoms with van der Waals surface area (Å²) in [5, 5.41) is 6.85. The summed E-state index contributed by atoms with van der Waals surface area (Å²) in [5.41, 5.74) is 3.82. The van der Waals surface area contributed by atoms with E-state index in [-0.39, 0.29) is 6.54 Å². The number of nitrogens with one attached hydrogen (secondary N) is 2. The monoisotopic (exact) mass is 513 g/mol. The second-order valence-electron chi connectivity index (χ2n) is 6.42. The van der Waals surface area contributed by atoms with Crippen LogP contribution in [0.15, 0.2) is 82.4 Å². The second kappa shape index (κ2) is 11.2. The van der Waals surface area contributed by atoms with Crippen LogP contribution in [0.3, 0.4) is 0 Å². The highest BCUT2D eigenvalue weighted by Crippen LogP contribution is 2.19. The van der Waals surface area contributed by atoms with Crippen LogP contribution >= 0.6 is 27.5 Å². The number of halogens is 2. The van der Waals surface area contributed by atoms with Gasteiger partial charge < -0.3 is 10.1 Å². The average molecular weight is 515 g/mol. The molecule has 0 saturated carbocycles. The second-order valence-corrected chi connectivity index (χ2v) is 7.71. The van der Waals surface area contributed by atoms with Crippen molar-refractivity contribution in [2.45, 2.75) is 0 Å². The van der Waals surface area contributed by atoms with Gasteiger partial charge in [0.1, 0.15) is 5.75 Å². The maximum absolute atomic E-state index is 12.2. The lowest BCUT2D eigenvalue weighted by Crippen LogP contribution is -2.34. The van der Waals surface area contributed by atoms with Crippen molar-refractivity contribution in [3.8, 4) is 5.75 Å². The molecule has 9 heteroatoms. The topological polar surface area (TPSA) is 96.9 Å². The van der Waals surface area contributed by atoms with Gasteiger partial charge in [-0.2, -0.15) is 5.10 Å². The van der Waals surface area contributed by atoms with Gasteiger partial charge in [-0.25, -0.2) is 10.2 Å². The molecule has 162 valence electrons. The van der Waals surface area contributed by atoms with Crippen molar-refractivity contribution >= 4 is 51.5 Å². The Morgan fingerprint density at radius 1 is 0.969 bits per heavy atom. The highest BCUT2D eigenvalue weighted by Gasteiger charge is 2.11. The number of ether oxygens (including phenoxy) is 1. The molecule has 0 aliphatic heterocycles. The molecule has 0 aromatic heterocycles. The molecule has 3 aromatic rings. The quantitative estimate of drug-likeness (QED) is 0.214. The summed E-state index contributed by atoms with van der Waals surface area (Å²) in [6, 6.07) is 19.9. The molecular weight excluding hydrogens is 498 g/mol. The van der Waals surface area contributed by atoms with E-state index in [1.807, 2.05) is 0 Å². The molecule has 0 radical (unpaired) electrons. The van der Waals surface area contributed by atoms with Gasteiger partial charge in [-0.15, -0.1) is 0 Å². The first-order valence-corrected chi connectivity index (χ1v) is 10.5. The maximum Gasteiger partial charge on any atom is 0.344 e. The van der Waals surface area contributed by atoms with Crippen LogP contribution < -0.4 is 15.5 Å². The van der Waals surface area contributed by atoms with Gasteiger partial charge in [0.25, 0.3) is 11.8 Å². The zero-order chi connectivity index (χ0) is 22.9. The van der Waals surface area contributed by atoms with Crippen LogP contribution in [-0.4, -0.2) is 30.5 Å². The predicted molar refractivity (Wildman–Crippen MR) is 125 cm³/mol. The number of esters is 1. The van der Waals surface area contributed by atoms with E-state index >= 15 is 0 Å². The first-order valence-electron chi connectivity index (χ1n) is 9.35. The first kappa shape index (κ1) is 23.2. The zero-order valence-corrected chi connectivity index (χ0v) is 18.9. The molecule has 0 saturated heterocycles. The van der Waals surface area contributed by atoms with E-state index in [9.17, 15) is 14.4 Å².